The van der Waals surface area contributed by atoms with Crippen molar-refractivity contribution in [2.45, 2.75) is 26.9 Å². The Morgan fingerprint density at radius 1 is 1.25 bits per heavy atom. The summed E-state index contributed by atoms with van der Waals surface area (Å²) in [6, 6.07) is 9.51. The third-order valence-electron chi connectivity index (χ3n) is 2.11. The number of aliphatic hydroxyl groups is 1. The van der Waals surface area contributed by atoms with Gasteiger partial charge in [0.05, 0.1) is 0 Å². The molecule has 2 heteroatoms. The highest BCUT2D eigenvalue weighted by atomic mass is 16.5. The van der Waals surface area contributed by atoms with Gasteiger partial charge in [-0.15, -0.1) is 0 Å². The molecule has 16 heavy (non-hydrogen) atoms. The van der Waals surface area contributed by atoms with Crippen molar-refractivity contribution in [3.8, 4) is 17.6 Å². The van der Waals surface area contributed by atoms with Crippen LogP contribution in [0.3, 0.4) is 0 Å². The summed E-state index contributed by atoms with van der Waals surface area (Å²) in [5, 5.41) is 9.65. The second-order valence-electron chi connectivity index (χ2n) is 4.69. The van der Waals surface area contributed by atoms with Crippen molar-refractivity contribution in [2.75, 3.05) is 6.61 Å². The molecule has 0 aliphatic rings. The van der Waals surface area contributed by atoms with Crippen molar-refractivity contribution in [1.82, 2.24) is 0 Å². The van der Waals surface area contributed by atoms with Crippen molar-refractivity contribution in [3.05, 3.63) is 30.3 Å². The fraction of sp³-hybridized carbons (Fsp3) is 0.429. The Kier molecular flexibility index (Phi) is 4.39. The molecule has 1 aromatic carbocycles. The highest BCUT2D eigenvalue weighted by Crippen LogP contribution is 2.17. The van der Waals surface area contributed by atoms with Gasteiger partial charge in [-0.1, -0.05) is 50.8 Å². The molecule has 0 spiro atoms. The average molecular weight is 218 g/mol. The molecule has 1 rings (SSSR count). The van der Waals surface area contributed by atoms with E-state index in [1.807, 2.05) is 51.1 Å². The van der Waals surface area contributed by atoms with Crippen LogP contribution in [-0.2, 0) is 0 Å². The van der Waals surface area contributed by atoms with Crippen LogP contribution < -0.4 is 4.74 Å². The summed E-state index contributed by atoms with van der Waals surface area (Å²) in [5.74, 6) is 6.38. The predicted octanol–water partition coefficient (Wildman–Crippen LogP) is 2.48. The molecule has 0 saturated carbocycles. The Balaban J connectivity index is 2.39. The average Bonchev–Trinajstić information content (AvgIpc) is 2.24. The summed E-state index contributed by atoms with van der Waals surface area (Å²) in [5.41, 5.74) is -0.209. The molecule has 1 atom stereocenters. The molecule has 0 radical (unpaired) electrons. The zero-order valence-electron chi connectivity index (χ0n) is 10.0. The lowest BCUT2D eigenvalue weighted by molar-refractivity contribution is 0.114. The van der Waals surface area contributed by atoms with Crippen LogP contribution in [0.1, 0.15) is 20.8 Å². The molecule has 0 aromatic heterocycles. The second kappa shape index (κ2) is 5.58. The lowest BCUT2D eigenvalue weighted by Crippen LogP contribution is -2.24. The first kappa shape index (κ1) is 12.6. The van der Waals surface area contributed by atoms with Gasteiger partial charge in [-0.3, -0.25) is 0 Å². The van der Waals surface area contributed by atoms with Crippen LogP contribution >= 0.6 is 0 Å². The Hall–Kier alpha value is -1.46. The fourth-order valence-electron chi connectivity index (χ4n) is 0.991. The molecule has 2 nitrogen and oxygen atoms in total. The lowest BCUT2D eigenvalue weighted by atomic mass is 9.90. The Morgan fingerprint density at radius 3 is 2.44 bits per heavy atom. The SMILES string of the molecule is CC(C)(C)C(O)C#CCOc1ccccc1. The van der Waals surface area contributed by atoms with E-state index in [1.54, 1.807) is 0 Å². The van der Waals surface area contributed by atoms with Crippen molar-refractivity contribution < 1.29 is 9.84 Å². The van der Waals surface area contributed by atoms with Crippen LogP contribution in [0.5, 0.6) is 5.75 Å². The number of rotatable bonds is 2. The summed E-state index contributed by atoms with van der Waals surface area (Å²) < 4.78 is 5.38. The number of ether oxygens (including phenoxy) is 1. The largest absolute Gasteiger partial charge is 0.481 e. The Morgan fingerprint density at radius 2 is 1.88 bits per heavy atom. The van der Waals surface area contributed by atoms with E-state index in [1.165, 1.54) is 0 Å². The number of benzene rings is 1. The first-order valence-electron chi connectivity index (χ1n) is 5.34. The van der Waals surface area contributed by atoms with E-state index < -0.39 is 6.10 Å². The lowest BCUT2D eigenvalue weighted by Gasteiger charge is -2.20. The molecule has 0 amide bonds. The summed E-state index contributed by atoms with van der Waals surface area (Å²) >= 11 is 0. The third kappa shape index (κ3) is 4.37. The van der Waals surface area contributed by atoms with Gasteiger partial charge in [-0.2, -0.15) is 0 Å². The number of hydrogen-bond acceptors (Lipinski definition) is 2. The number of para-hydroxylation sites is 1. The second-order valence-corrected chi connectivity index (χ2v) is 4.69. The Bertz CT molecular complexity index is 365. The Labute approximate surface area is 97.3 Å². The zero-order valence-corrected chi connectivity index (χ0v) is 10.0. The first-order chi connectivity index (χ1) is 7.50. The molecule has 86 valence electrons. The highest BCUT2D eigenvalue weighted by molar-refractivity contribution is 5.21. The van der Waals surface area contributed by atoms with Gasteiger partial charge in [-0.25, -0.2) is 0 Å². The molecule has 0 saturated heterocycles. The standard InChI is InChI=1S/C14H18O2/c1-14(2,3)13(15)10-7-11-16-12-8-5-4-6-9-12/h4-6,8-9,13,15H,11H2,1-3H3. The fourth-order valence-corrected chi connectivity index (χ4v) is 0.991. The van der Waals surface area contributed by atoms with E-state index in [-0.39, 0.29) is 5.41 Å². The maximum absolute atomic E-state index is 9.65. The minimum atomic E-state index is -0.619. The van der Waals surface area contributed by atoms with Crippen LogP contribution in [-0.4, -0.2) is 17.8 Å². The van der Waals surface area contributed by atoms with E-state index >= 15 is 0 Å². The van der Waals surface area contributed by atoms with Gasteiger partial charge < -0.3 is 9.84 Å². The van der Waals surface area contributed by atoms with E-state index in [0.717, 1.165) is 5.75 Å². The normalized spacial score (nSPS) is 12.5. The smallest absolute Gasteiger partial charge is 0.149 e. The van der Waals surface area contributed by atoms with E-state index in [4.69, 9.17) is 4.74 Å². The van der Waals surface area contributed by atoms with Crippen molar-refractivity contribution >= 4 is 0 Å². The molecule has 0 heterocycles. The number of hydrogen-bond donors (Lipinski definition) is 1. The summed E-state index contributed by atoms with van der Waals surface area (Å²) in [6.45, 7) is 6.15. The maximum Gasteiger partial charge on any atom is 0.149 e. The molecular weight excluding hydrogens is 200 g/mol. The minimum absolute atomic E-state index is 0.209. The molecule has 1 aromatic rings. The van der Waals surface area contributed by atoms with Crippen molar-refractivity contribution in [3.63, 3.8) is 0 Å². The van der Waals surface area contributed by atoms with E-state index in [9.17, 15) is 5.11 Å². The van der Waals surface area contributed by atoms with Crippen LogP contribution in [0, 0.1) is 17.3 Å². The summed E-state index contributed by atoms with van der Waals surface area (Å²) in [4.78, 5) is 0. The molecule has 0 aliphatic carbocycles. The minimum Gasteiger partial charge on any atom is -0.481 e. The van der Waals surface area contributed by atoms with Crippen LogP contribution in [0.2, 0.25) is 0 Å². The molecule has 0 fully saturated rings. The first-order valence-corrected chi connectivity index (χ1v) is 5.34. The van der Waals surface area contributed by atoms with Crippen LogP contribution in [0.15, 0.2) is 30.3 Å². The van der Waals surface area contributed by atoms with Gasteiger partial charge in [0.1, 0.15) is 18.5 Å². The third-order valence-corrected chi connectivity index (χ3v) is 2.11. The highest BCUT2D eigenvalue weighted by Gasteiger charge is 2.19. The van der Waals surface area contributed by atoms with Gasteiger partial charge in [-0.05, 0) is 17.5 Å². The van der Waals surface area contributed by atoms with E-state index in [0.29, 0.717) is 6.61 Å². The number of aliphatic hydroxyl groups excluding tert-OH is 1. The van der Waals surface area contributed by atoms with Gasteiger partial charge in [0, 0.05) is 0 Å². The van der Waals surface area contributed by atoms with Crippen molar-refractivity contribution in [1.29, 1.82) is 0 Å². The van der Waals surface area contributed by atoms with E-state index in [2.05, 4.69) is 11.8 Å². The van der Waals surface area contributed by atoms with Gasteiger partial charge >= 0.3 is 0 Å². The van der Waals surface area contributed by atoms with Gasteiger partial charge in [0.2, 0.25) is 0 Å². The molecule has 0 bridgehead atoms. The molecule has 1 N–H and O–H groups in total. The quantitative estimate of drug-likeness (QED) is 0.773. The topological polar surface area (TPSA) is 29.5 Å². The van der Waals surface area contributed by atoms with Gasteiger partial charge in [0.25, 0.3) is 0 Å². The zero-order chi connectivity index (χ0) is 12.0. The molecule has 1 unspecified atom stereocenters. The summed E-state index contributed by atoms with van der Waals surface area (Å²) in [6.07, 6.45) is -0.619. The summed E-state index contributed by atoms with van der Waals surface area (Å²) in [7, 11) is 0. The van der Waals surface area contributed by atoms with Crippen LogP contribution in [0.4, 0.5) is 0 Å². The van der Waals surface area contributed by atoms with Crippen LogP contribution in [0.25, 0.3) is 0 Å². The van der Waals surface area contributed by atoms with Gasteiger partial charge in [0.15, 0.2) is 0 Å². The monoisotopic (exact) mass is 218 g/mol. The maximum atomic E-state index is 9.65. The molecular formula is C14H18O2. The van der Waals surface area contributed by atoms with Crippen molar-refractivity contribution in [2.24, 2.45) is 5.41 Å². The molecule has 0 aliphatic heterocycles. The predicted molar refractivity (Wildman–Crippen MR) is 65.2 cm³/mol.